The van der Waals surface area contributed by atoms with E-state index >= 15 is 0 Å². The Labute approximate surface area is 141 Å². The molecule has 0 aliphatic carbocycles. The van der Waals surface area contributed by atoms with Gasteiger partial charge in [-0.05, 0) is 14.1 Å². The van der Waals surface area contributed by atoms with Crippen LogP contribution in [0, 0.1) is 17.9 Å². The Kier molecular flexibility index (Phi) is 11.7. The van der Waals surface area contributed by atoms with Crippen LogP contribution in [0.1, 0.15) is 5.56 Å². The minimum atomic E-state index is -0.209. The Hall–Kier alpha value is -1.31. The van der Waals surface area contributed by atoms with Gasteiger partial charge in [-0.2, -0.15) is 18.2 Å². The van der Waals surface area contributed by atoms with Crippen LogP contribution < -0.4 is 0 Å². The number of halogens is 1. The molecule has 0 aliphatic rings. The molecule has 0 bridgehead atoms. The minimum Gasteiger partial charge on any atom is -0.339 e. The molecule has 0 atom stereocenters. The first-order valence-corrected chi connectivity index (χ1v) is 6.41. The molecule has 0 heterocycles. The summed E-state index contributed by atoms with van der Waals surface area (Å²) in [5.74, 6) is -0.209. The van der Waals surface area contributed by atoms with Crippen molar-refractivity contribution in [2.45, 2.75) is 0 Å². The monoisotopic (exact) mass is 465 g/mol. The minimum absolute atomic E-state index is 0. The summed E-state index contributed by atoms with van der Waals surface area (Å²) < 4.78 is 11.9. The molecule has 2 rings (SSSR count). The van der Waals surface area contributed by atoms with Gasteiger partial charge in [-0.3, -0.25) is 0 Å². The fraction of sp³-hybridized carbons (Fsp3) is 0.235. The number of nitrogens with zero attached hydrogens (tertiary/aromatic N) is 2. The molecule has 0 radical (unpaired) electrons. The summed E-state index contributed by atoms with van der Waals surface area (Å²) in [6, 6.07) is 19.4. The van der Waals surface area contributed by atoms with Gasteiger partial charge in [0, 0.05) is 18.9 Å². The largest absolute Gasteiger partial charge is 2.00 e. The Morgan fingerprint density at radius 3 is 2.33 bits per heavy atom. The van der Waals surface area contributed by atoms with E-state index in [1.54, 1.807) is 0 Å². The summed E-state index contributed by atoms with van der Waals surface area (Å²) in [6.45, 7) is 1.83. The predicted octanol–water partition coefficient (Wildman–Crippen LogP) is 3.09. The first-order valence-electron chi connectivity index (χ1n) is 6.41. The molecule has 0 unspecified atom stereocenters. The molecule has 0 saturated heterocycles. The quantitative estimate of drug-likeness (QED) is 0.501. The maximum Gasteiger partial charge on any atom is 2.00 e. The second-order valence-electron chi connectivity index (χ2n) is 4.37. The summed E-state index contributed by atoms with van der Waals surface area (Å²) in [7, 11) is 4.09. The molecule has 0 amide bonds. The smallest absolute Gasteiger partial charge is 0.339 e. The van der Waals surface area contributed by atoms with Crippen molar-refractivity contribution in [1.29, 1.82) is 0 Å². The third kappa shape index (κ3) is 11.1. The van der Waals surface area contributed by atoms with Crippen molar-refractivity contribution >= 4 is 6.21 Å². The van der Waals surface area contributed by atoms with Crippen LogP contribution in [-0.2, 0) is 21.1 Å². The third-order valence-corrected chi connectivity index (χ3v) is 2.32. The summed E-state index contributed by atoms with van der Waals surface area (Å²) in [6.07, 6.45) is 1.86. The van der Waals surface area contributed by atoms with E-state index in [0.717, 1.165) is 18.7 Å². The zero-order valence-electron chi connectivity index (χ0n) is 12.2. The maximum absolute atomic E-state index is 11.9. The third-order valence-electron chi connectivity index (χ3n) is 2.32. The van der Waals surface area contributed by atoms with Gasteiger partial charge in [0.05, 0.1) is 0 Å². The van der Waals surface area contributed by atoms with E-state index in [-0.39, 0.29) is 26.9 Å². The summed E-state index contributed by atoms with van der Waals surface area (Å²) >= 11 is 0. The van der Waals surface area contributed by atoms with Gasteiger partial charge < -0.3 is 9.89 Å². The Morgan fingerprint density at radius 2 is 1.86 bits per heavy atom. The van der Waals surface area contributed by atoms with Crippen molar-refractivity contribution in [2.75, 3.05) is 27.2 Å². The zero-order chi connectivity index (χ0) is 14.6. The van der Waals surface area contributed by atoms with Crippen LogP contribution in [-0.4, -0.2) is 38.3 Å². The van der Waals surface area contributed by atoms with E-state index in [0.29, 0.717) is 0 Å². The molecule has 114 valence electrons. The number of hydrogen-bond donors (Lipinski definition) is 0. The van der Waals surface area contributed by atoms with Gasteiger partial charge in [0.2, 0.25) is 0 Å². The number of aliphatic imine (C=N–C) groups is 1. The van der Waals surface area contributed by atoms with E-state index < -0.39 is 0 Å². The molecule has 0 fully saturated rings. The summed E-state index contributed by atoms with van der Waals surface area (Å²) in [4.78, 5) is 6.40. The Morgan fingerprint density at radius 1 is 1.14 bits per heavy atom. The topological polar surface area (TPSA) is 15.6 Å². The van der Waals surface area contributed by atoms with Crippen LogP contribution in [0.15, 0.2) is 53.5 Å². The molecular formula is C17H19FN2Pt. The maximum atomic E-state index is 11.9. The number of hydrogen-bond acceptors (Lipinski definition) is 2. The number of rotatable bonds is 4. The summed E-state index contributed by atoms with van der Waals surface area (Å²) in [5.41, 5.74) is 1.04. The van der Waals surface area contributed by atoms with Gasteiger partial charge in [-0.25, -0.2) is 4.39 Å². The van der Waals surface area contributed by atoms with Gasteiger partial charge in [0.1, 0.15) is 0 Å². The van der Waals surface area contributed by atoms with Crippen LogP contribution >= 0.6 is 0 Å². The molecule has 21 heavy (non-hydrogen) atoms. The Balaban J connectivity index is 0.000000425. The van der Waals surface area contributed by atoms with Crippen LogP contribution in [0.3, 0.4) is 0 Å². The van der Waals surface area contributed by atoms with E-state index in [1.807, 2.05) is 44.6 Å². The first-order chi connectivity index (χ1) is 9.68. The van der Waals surface area contributed by atoms with Gasteiger partial charge in [0.15, 0.2) is 0 Å². The molecule has 4 heteroatoms. The normalized spacial score (nSPS) is 9.90. The van der Waals surface area contributed by atoms with Gasteiger partial charge in [-0.1, -0.05) is 6.21 Å². The summed E-state index contributed by atoms with van der Waals surface area (Å²) in [5, 5.41) is 0. The second-order valence-corrected chi connectivity index (χ2v) is 4.37. The van der Waals surface area contributed by atoms with E-state index in [2.05, 4.69) is 22.0 Å². The first kappa shape index (κ1) is 19.7. The average Bonchev–Trinajstić information content (AvgIpc) is 2.46. The van der Waals surface area contributed by atoms with Gasteiger partial charge in [-0.15, -0.1) is 48.0 Å². The molecule has 2 aromatic carbocycles. The second kappa shape index (κ2) is 12.4. The van der Waals surface area contributed by atoms with Gasteiger partial charge >= 0.3 is 21.1 Å². The van der Waals surface area contributed by atoms with Crippen LogP contribution in [0.2, 0.25) is 0 Å². The van der Waals surface area contributed by atoms with Crippen molar-refractivity contribution in [3.8, 4) is 0 Å². The van der Waals surface area contributed by atoms with Crippen LogP contribution in [0.25, 0.3) is 0 Å². The fourth-order valence-corrected chi connectivity index (χ4v) is 1.27. The standard InChI is InChI=1S/C11H15N2.C6H4F.Pt/c1-13(2)9-8-12-10-11-6-4-3-5-7-11;7-6-4-2-1-3-5-6;/h3-6,10H,8-9H2,1-2H3;2-5H;/q2*-1;+2. The fourth-order valence-electron chi connectivity index (χ4n) is 1.27. The van der Waals surface area contributed by atoms with E-state index in [4.69, 9.17) is 0 Å². The molecule has 0 N–H and O–H groups in total. The number of benzene rings is 2. The van der Waals surface area contributed by atoms with Crippen LogP contribution in [0.4, 0.5) is 4.39 Å². The molecule has 0 spiro atoms. The Bertz CT molecular complexity index is 487. The molecule has 0 aromatic heterocycles. The van der Waals surface area contributed by atoms with Gasteiger partial charge in [0.25, 0.3) is 0 Å². The van der Waals surface area contributed by atoms with Crippen molar-refractivity contribution in [3.05, 3.63) is 72.0 Å². The molecule has 2 aromatic rings. The molecule has 2 nitrogen and oxygen atoms in total. The van der Waals surface area contributed by atoms with E-state index in [9.17, 15) is 4.39 Å². The van der Waals surface area contributed by atoms with E-state index in [1.165, 1.54) is 24.3 Å². The van der Waals surface area contributed by atoms with Crippen molar-refractivity contribution in [1.82, 2.24) is 4.90 Å². The zero-order valence-corrected chi connectivity index (χ0v) is 14.5. The van der Waals surface area contributed by atoms with Crippen molar-refractivity contribution in [2.24, 2.45) is 4.99 Å². The van der Waals surface area contributed by atoms with Crippen molar-refractivity contribution < 1.29 is 25.5 Å². The molecular weight excluding hydrogens is 446 g/mol. The van der Waals surface area contributed by atoms with Crippen molar-refractivity contribution in [3.63, 3.8) is 0 Å². The molecule has 0 saturated carbocycles. The van der Waals surface area contributed by atoms with Crippen LogP contribution in [0.5, 0.6) is 0 Å². The predicted molar refractivity (Wildman–Crippen MR) is 81.5 cm³/mol. The SMILES string of the molecule is CN(C)CCN=Cc1[c-]cccc1.Fc1cc[c-]cc1.[Pt+2]. The average molecular weight is 465 g/mol. The molecule has 0 aliphatic heterocycles. The number of likely N-dealkylation sites (N-methyl/N-ethyl adjacent to an activating group) is 1.